The van der Waals surface area contributed by atoms with Gasteiger partial charge in [-0.15, -0.1) is 0 Å². The van der Waals surface area contributed by atoms with Crippen LogP contribution < -0.4 is 5.32 Å². The van der Waals surface area contributed by atoms with E-state index in [-0.39, 0.29) is 0 Å². The Bertz CT molecular complexity index is 326. The molecule has 1 atom stereocenters. The summed E-state index contributed by atoms with van der Waals surface area (Å²) in [4.78, 5) is 11.2. The van der Waals surface area contributed by atoms with Crippen LogP contribution in [-0.4, -0.2) is 37.7 Å². The fraction of sp³-hybridized carbons (Fsp3) is 0.667. The Morgan fingerprint density at radius 3 is 2.62 bits per heavy atom. The smallest absolute Gasteiger partial charge is 0.132 e. The van der Waals surface area contributed by atoms with Gasteiger partial charge in [-0.25, -0.2) is 9.98 Å². The summed E-state index contributed by atoms with van der Waals surface area (Å²) in [5.41, 5.74) is 0. The number of rotatable bonds is 2. The van der Waals surface area contributed by atoms with E-state index >= 15 is 0 Å². The third kappa shape index (κ3) is 3.08. The number of nitrogens with one attached hydrogen (secondary N) is 1. The second kappa shape index (κ2) is 5.68. The third-order valence-electron chi connectivity index (χ3n) is 2.63. The minimum atomic E-state index is 0.426. The molecule has 1 aliphatic rings. The van der Waals surface area contributed by atoms with Crippen molar-refractivity contribution < 1.29 is 0 Å². The lowest BCUT2D eigenvalue weighted by molar-refractivity contribution is 0.561. The summed E-state index contributed by atoms with van der Waals surface area (Å²) in [6.07, 6.45) is 3.95. The number of nitrogens with zero attached hydrogens (tertiary/aromatic N) is 3. The summed E-state index contributed by atoms with van der Waals surface area (Å²) in [6.45, 7) is 4.27. The first-order chi connectivity index (χ1) is 7.58. The van der Waals surface area contributed by atoms with E-state index in [1.807, 2.05) is 21.1 Å². The SMILES string of the molecule is CCC1=NC(NC)=CCC(C)C(N(C)C)=N1. The molecule has 0 aromatic rings. The first-order valence-electron chi connectivity index (χ1n) is 5.79. The molecular weight excluding hydrogens is 200 g/mol. The van der Waals surface area contributed by atoms with Gasteiger partial charge < -0.3 is 10.2 Å². The average molecular weight is 222 g/mol. The predicted octanol–water partition coefficient (Wildman–Crippen LogP) is 1.86. The molecule has 1 aliphatic heterocycles. The van der Waals surface area contributed by atoms with Crippen LogP contribution in [0.4, 0.5) is 0 Å². The number of aliphatic imine (C=N–C) groups is 2. The quantitative estimate of drug-likeness (QED) is 0.774. The summed E-state index contributed by atoms with van der Waals surface area (Å²) in [7, 11) is 5.96. The highest BCUT2D eigenvalue weighted by Crippen LogP contribution is 2.14. The molecular formula is C12H22N4. The van der Waals surface area contributed by atoms with Gasteiger partial charge in [0.05, 0.1) is 0 Å². The molecule has 0 bridgehead atoms. The van der Waals surface area contributed by atoms with Gasteiger partial charge >= 0.3 is 0 Å². The van der Waals surface area contributed by atoms with E-state index in [1.54, 1.807) is 0 Å². The lowest BCUT2D eigenvalue weighted by Crippen LogP contribution is -2.30. The molecule has 1 N–H and O–H groups in total. The number of hydrogen-bond donors (Lipinski definition) is 1. The molecule has 4 nitrogen and oxygen atoms in total. The van der Waals surface area contributed by atoms with Gasteiger partial charge in [0.2, 0.25) is 0 Å². The van der Waals surface area contributed by atoms with Crippen LogP contribution in [0.5, 0.6) is 0 Å². The molecule has 1 unspecified atom stereocenters. The molecule has 0 aliphatic carbocycles. The maximum atomic E-state index is 4.64. The molecule has 0 spiro atoms. The van der Waals surface area contributed by atoms with Gasteiger partial charge in [0.1, 0.15) is 17.5 Å². The second-order valence-corrected chi connectivity index (χ2v) is 4.22. The minimum absolute atomic E-state index is 0.426. The van der Waals surface area contributed by atoms with Crippen LogP contribution in [0.2, 0.25) is 0 Å². The van der Waals surface area contributed by atoms with Gasteiger partial charge in [0.15, 0.2) is 0 Å². The molecule has 0 amide bonds. The summed E-state index contributed by atoms with van der Waals surface area (Å²) < 4.78 is 0. The Morgan fingerprint density at radius 1 is 1.44 bits per heavy atom. The van der Waals surface area contributed by atoms with Crippen LogP contribution in [-0.2, 0) is 0 Å². The van der Waals surface area contributed by atoms with Crippen LogP contribution in [0.1, 0.15) is 26.7 Å². The zero-order valence-electron chi connectivity index (χ0n) is 10.9. The van der Waals surface area contributed by atoms with Crippen molar-refractivity contribution in [2.24, 2.45) is 15.9 Å². The average Bonchev–Trinajstić information content (AvgIpc) is 2.24. The van der Waals surface area contributed by atoms with Crippen molar-refractivity contribution in [3.8, 4) is 0 Å². The van der Waals surface area contributed by atoms with Crippen molar-refractivity contribution in [3.63, 3.8) is 0 Å². The second-order valence-electron chi connectivity index (χ2n) is 4.22. The highest BCUT2D eigenvalue weighted by atomic mass is 15.2. The lowest BCUT2D eigenvalue weighted by Gasteiger charge is -2.22. The monoisotopic (exact) mass is 222 g/mol. The van der Waals surface area contributed by atoms with Gasteiger partial charge in [-0.1, -0.05) is 13.8 Å². The normalized spacial score (nSPS) is 21.3. The Labute approximate surface area is 98.2 Å². The van der Waals surface area contributed by atoms with Crippen LogP contribution in [0, 0.1) is 5.92 Å². The Balaban J connectivity index is 3.08. The van der Waals surface area contributed by atoms with Gasteiger partial charge in [0, 0.05) is 33.5 Å². The van der Waals surface area contributed by atoms with Crippen molar-refractivity contribution in [2.75, 3.05) is 21.1 Å². The molecule has 1 rings (SSSR count). The molecule has 4 heteroatoms. The van der Waals surface area contributed by atoms with Gasteiger partial charge in [-0.2, -0.15) is 0 Å². The summed E-state index contributed by atoms with van der Waals surface area (Å²) in [6, 6.07) is 0. The molecule has 1 heterocycles. The van der Waals surface area contributed by atoms with Gasteiger partial charge in [0.25, 0.3) is 0 Å². The molecule has 0 saturated carbocycles. The predicted molar refractivity (Wildman–Crippen MR) is 69.8 cm³/mol. The first-order valence-corrected chi connectivity index (χ1v) is 5.79. The Hall–Kier alpha value is -1.32. The molecule has 0 fully saturated rings. The third-order valence-corrected chi connectivity index (χ3v) is 2.63. The van der Waals surface area contributed by atoms with Crippen molar-refractivity contribution in [1.82, 2.24) is 10.2 Å². The maximum absolute atomic E-state index is 4.64. The topological polar surface area (TPSA) is 40.0 Å². The molecule has 0 saturated heterocycles. The summed E-state index contributed by atoms with van der Waals surface area (Å²) in [5, 5.41) is 3.09. The highest BCUT2D eigenvalue weighted by Gasteiger charge is 2.15. The summed E-state index contributed by atoms with van der Waals surface area (Å²) >= 11 is 0. The van der Waals surface area contributed by atoms with Crippen molar-refractivity contribution in [2.45, 2.75) is 26.7 Å². The van der Waals surface area contributed by atoms with Crippen LogP contribution in [0.25, 0.3) is 0 Å². The first kappa shape index (κ1) is 12.7. The molecule has 0 radical (unpaired) electrons. The Kier molecular flexibility index (Phi) is 4.52. The molecule has 16 heavy (non-hydrogen) atoms. The summed E-state index contributed by atoms with van der Waals surface area (Å²) in [5.74, 6) is 3.34. The largest absolute Gasteiger partial charge is 0.373 e. The number of hydrogen-bond acceptors (Lipinski definition) is 4. The number of amidine groups is 2. The minimum Gasteiger partial charge on any atom is -0.373 e. The van der Waals surface area contributed by atoms with Crippen LogP contribution in [0.15, 0.2) is 21.9 Å². The van der Waals surface area contributed by atoms with E-state index in [4.69, 9.17) is 0 Å². The van der Waals surface area contributed by atoms with E-state index in [0.29, 0.717) is 5.92 Å². The Morgan fingerprint density at radius 2 is 2.12 bits per heavy atom. The van der Waals surface area contributed by atoms with Crippen LogP contribution >= 0.6 is 0 Å². The fourth-order valence-corrected chi connectivity index (χ4v) is 1.70. The van der Waals surface area contributed by atoms with Crippen molar-refractivity contribution in [1.29, 1.82) is 0 Å². The van der Waals surface area contributed by atoms with E-state index in [9.17, 15) is 0 Å². The fourth-order valence-electron chi connectivity index (χ4n) is 1.70. The maximum Gasteiger partial charge on any atom is 0.132 e. The molecule has 0 aromatic carbocycles. The standard InChI is InChI=1S/C12H22N4/c1-6-10-14-11(13-3)8-7-9(2)12(15-10)16(4)5/h8-9,13H,6-7H2,1-5H3. The zero-order valence-corrected chi connectivity index (χ0v) is 10.9. The zero-order chi connectivity index (χ0) is 12.1. The highest BCUT2D eigenvalue weighted by molar-refractivity contribution is 5.98. The van der Waals surface area contributed by atoms with E-state index in [0.717, 1.165) is 30.3 Å². The van der Waals surface area contributed by atoms with E-state index in [2.05, 4.69) is 40.1 Å². The van der Waals surface area contributed by atoms with Crippen molar-refractivity contribution in [3.05, 3.63) is 11.9 Å². The van der Waals surface area contributed by atoms with E-state index < -0.39 is 0 Å². The molecule has 0 aromatic heterocycles. The van der Waals surface area contributed by atoms with E-state index in [1.165, 1.54) is 0 Å². The van der Waals surface area contributed by atoms with Crippen LogP contribution in [0.3, 0.4) is 0 Å². The van der Waals surface area contributed by atoms with Gasteiger partial charge in [-0.05, 0) is 12.5 Å². The number of allylic oxidation sites excluding steroid dienone is 1. The van der Waals surface area contributed by atoms with Gasteiger partial charge in [-0.3, -0.25) is 0 Å². The lowest BCUT2D eigenvalue weighted by atomic mass is 10.1. The molecule has 90 valence electrons. The van der Waals surface area contributed by atoms with Crippen molar-refractivity contribution >= 4 is 11.7 Å².